The molecule has 112 valence electrons. The highest BCUT2D eigenvalue weighted by Crippen LogP contribution is 2.34. The highest BCUT2D eigenvalue weighted by molar-refractivity contribution is 5.79. The molecule has 0 radical (unpaired) electrons. The number of rotatable bonds is 3. The molecule has 19 heavy (non-hydrogen) atoms. The van der Waals surface area contributed by atoms with Crippen LogP contribution in [0.3, 0.4) is 0 Å². The summed E-state index contributed by atoms with van der Waals surface area (Å²) in [5.41, 5.74) is 3.13. The molecular weight excluding hydrogens is 240 g/mol. The van der Waals surface area contributed by atoms with E-state index < -0.39 is 0 Å². The Labute approximate surface area is 117 Å². The number of hydrogen-bond donors (Lipinski definition) is 2. The molecule has 0 aromatic carbocycles. The molecule has 3 N–H and O–H groups in total. The molecule has 0 aromatic rings. The third-order valence-corrected chi connectivity index (χ3v) is 3.90. The first kappa shape index (κ1) is 16.2. The summed E-state index contributed by atoms with van der Waals surface area (Å²) in [6.07, 6.45) is 2.39. The minimum Gasteiger partial charge on any atom is -0.382 e. The lowest BCUT2D eigenvalue weighted by molar-refractivity contribution is 0.146. The molecule has 1 aliphatic rings. The molecule has 0 amide bonds. The number of nitrogens with two attached hydrogens (primary N) is 1. The van der Waals surface area contributed by atoms with Crippen molar-refractivity contribution in [1.82, 2.24) is 10.3 Å². The second-order valence-corrected chi connectivity index (χ2v) is 6.53. The third-order valence-electron chi connectivity index (χ3n) is 3.90. The van der Waals surface area contributed by atoms with E-state index in [-0.39, 0.29) is 6.04 Å². The SMILES string of the molecule is COCC(C)N=C(NN)N1CCC(C(C)(C)C)CC1. The van der Waals surface area contributed by atoms with Gasteiger partial charge in [-0.1, -0.05) is 20.8 Å². The highest BCUT2D eigenvalue weighted by Gasteiger charge is 2.29. The van der Waals surface area contributed by atoms with E-state index in [1.54, 1.807) is 7.11 Å². The molecule has 0 aromatic heterocycles. The molecule has 1 atom stereocenters. The Balaban J connectivity index is 2.57. The van der Waals surface area contributed by atoms with Gasteiger partial charge in [-0.15, -0.1) is 0 Å². The third kappa shape index (κ3) is 4.99. The van der Waals surface area contributed by atoms with Crippen LogP contribution in [0.25, 0.3) is 0 Å². The van der Waals surface area contributed by atoms with Gasteiger partial charge in [0.05, 0.1) is 12.6 Å². The van der Waals surface area contributed by atoms with Gasteiger partial charge in [-0.05, 0) is 31.1 Å². The first-order chi connectivity index (χ1) is 8.88. The molecule has 1 heterocycles. The smallest absolute Gasteiger partial charge is 0.208 e. The van der Waals surface area contributed by atoms with E-state index in [4.69, 9.17) is 10.6 Å². The summed E-state index contributed by atoms with van der Waals surface area (Å²) in [5.74, 6) is 7.17. The lowest BCUT2D eigenvalue weighted by Gasteiger charge is -2.39. The van der Waals surface area contributed by atoms with Crippen molar-refractivity contribution >= 4 is 5.96 Å². The monoisotopic (exact) mass is 270 g/mol. The number of nitrogens with one attached hydrogen (secondary N) is 1. The maximum absolute atomic E-state index is 5.61. The second kappa shape index (κ2) is 7.10. The van der Waals surface area contributed by atoms with Crippen LogP contribution in [0.5, 0.6) is 0 Å². The Bertz CT molecular complexity index is 290. The van der Waals surface area contributed by atoms with Gasteiger partial charge in [-0.2, -0.15) is 0 Å². The average molecular weight is 270 g/mol. The van der Waals surface area contributed by atoms with E-state index in [0.29, 0.717) is 12.0 Å². The molecule has 1 rings (SSSR count). The predicted molar refractivity (Wildman–Crippen MR) is 79.8 cm³/mol. The number of methoxy groups -OCH3 is 1. The number of aliphatic imine (C=N–C) groups is 1. The molecule has 0 aliphatic carbocycles. The zero-order valence-electron chi connectivity index (χ0n) is 13.1. The largest absolute Gasteiger partial charge is 0.382 e. The molecule has 1 fully saturated rings. The normalized spacial score (nSPS) is 20.5. The minimum atomic E-state index is 0.122. The Morgan fingerprint density at radius 1 is 1.42 bits per heavy atom. The first-order valence-electron chi connectivity index (χ1n) is 7.16. The predicted octanol–water partition coefficient (Wildman–Crippen LogP) is 1.60. The van der Waals surface area contributed by atoms with Crippen molar-refractivity contribution in [2.75, 3.05) is 26.8 Å². The van der Waals surface area contributed by atoms with Gasteiger partial charge in [0.25, 0.3) is 0 Å². The quantitative estimate of drug-likeness (QED) is 0.354. The van der Waals surface area contributed by atoms with Crippen molar-refractivity contribution in [2.24, 2.45) is 22.2 Å². The van der Waals surface area contributed by atoms with Gasteiger partial charge in [0.2, 0.25) is 5.96 Å². The van der Waals surface area contributed by atoms with Gasteiger partial charge in [0.15, 0.2) is 0 Å². The highest BCUT2D eigenvalue weighted by atomic mass is 16.5. The molecule has 0 saturated carbocycles. The van der Waals surface area contributed by atoms with Gasteiger partial charge in [-0.3, -0.25) is 5.43 Å². The van der Waals surface area contributed by atoms with Crippen LogP contribution in [-0.2, 0) is 4.74 Å². The standard InChI is InChI=1S/C14H30N4O/c1-11(10-19-5)16-13(17-15)18-8-6-12(7-9-18)14(2,3)4/h11-12H,6-10,15H2,1-5H3,(H,16,17). The Kier molecular flexibility index (Phi) is 6.07. The fourth-order valence-electron chi connectivity index (χ4n) is 2.65. The van der Waals surface area contributed by atoms with E-state index in [1.165, 1.54) is 12.8 Å². The van der Waals surface area contributed by atoms with Crippen molar-refractivity contribution in [3.05, 3.63) is 0 Å². The fraction of sp³-hybridized carbons (Fsp3) is 0.929. The molecule has 0 spiro atoms. The maximum Gasteiger partial charge on any atom is 0.208 e. The lowest BCUT2D eigenvalue weighted by Crippen LogP contribution is -2.49. The Morgan fingerprint density at radius 3 is 2.42 bits per heavy atom. The Morgan fingerprint density at radius 2 is 2.00 bits per heavy atom. The summed E-state index contributed by atoms with van der Waals surface area (Å²) in [6.45, 7) is 11.7. The summed E-state index contributed by atoms with van der Waals surface area (Å²) in [6, 6.07) is 0.122. The van der Waals surface area contributed by atoms with Crippen LogP contribution in [0, 0.1) is 11.3 Å². The number of hydrogen-bond acceptors (Lipinski definition) is 3. The molecule has 5 nitrogen and oxygen atoms in total. The first-order valence-corrected chi connectivity index (χ1v) is 7.16. The van der Waals surface area contributed by atoms with E-state index in [0.717, 1.165) is 25.0 Å². The molecule has 0 bridgehead atoms. The van der Waals surface area contributed by atoms with E-state index in [2.05, 4.69) is 36.1 Å². The number of ether oxygens (including phenoxy) is 1. The number of likely N-dealkylation sites (tertiary alicyclic amines) is 1. The van der Waals surface area contributed by atoms with Crippen LogP contribution in [-0.4, -0.2) is 43.7 Å². The van der Waals surface area contributed by atoms with Crippen molar-refractivity contribution < 1.29 is 4.74 Å². The van der Waals surface area contributed by atoms with Crippen molar-refractivity contribution in [2.45, 2.75) is 46.6 Å². The van der Waals surface area contributed by atoms with Gasteiger partial charge in [0.1, 0.15) is 0 Å². The molecule has 1 aliphatic heterocycles. The van der Waals surface area contributed by atoms with Crippen molar-refractivity contribution in [3.8, 4) is 0 Å². The second-order valence-electron chi connectivity index (χ2n) is 6.53. The van der Waals surface area contributed by atoms with E-state index in [9.17, 15) is 0 Å². The van der Waals surface area contributed by atoms with E-state index in [1.807, 2.05) is 6.92 Å². The van der Waals surface area contributed by atoms with Gasteiger partial charge in [-0.25, -0.2) is 10.8 Å². The summed E-state index contributed by atoms with van der Waals surface area (Å²) < 4.78 is 5.10. The number of piperidine rings is 1. The number of nitrogens with zero attached hydrogens (tertiary/aromatic N) is 2. The van der Waals surface area contributed by atoms with Crippen molar-refractivity contribution in [3.63, 3.8) is 0 Å². The zero-order chi connectivity index (χ0) is 14.5. The van der Waals surface area contributed by atoms with Crippen LogP contribution in [0.15, 0.2) is 4.99 Å². The van der Waals surface area contributed by atoms with Crippen LogP contribution in [0.4, 0.5) is 0 Å². The van der Waals surface area contributed by atoms with Gasteiger partial charge in [0, 0.05) is 20.2 Å². The minimum absolute atomic E-state index is 0.122. The van der Waals surface area contributed by atoms with Crippen LogP contribution in [0.2, 0.25) is 0 Å². The Hall–Kier alpha value is -0.810. The molecule has 1 unspecified atom stereocenters. The summed E-state index contributed by atoms with van der Waals surface area (Å²) in [5, 5.41) is 0. The van der Waals surface area contributed by atoms with Gasteiger partial charge >= 0.3 is 0 Å². The maximum atomic E-state index is 5.61. The molecular formula is C14H30N4O. The average Bonchev–Trinajstić information content (AvgIpc) is 2.35. The number of hydrazine groups is 1. The summed E-state index contributed by atoms with van der Waals surface area (Å²) in [7, 11) is 1.69. The van der Waals surface area contributed by atoms with Gasteiger partial charge < -0.3 is 9.64 Å². The van der Waals surface area contributed by atoms with Crippen LogP contribution >= 0.6 is 0 Å². The topological polar surface area (TPSA) is 62.9 Å². The van der Waals surface area contributed by atoms with Crippen LogP contribution < -0.4 is 11.3 Å². The van der Waals surface area contributed by atoms with E-state index >= 15 is 0 Å². The zero-order valence-corrected chi connectivity index (χ0v) is 13.1. The number of guanidine groups is 1. The van der Waals surface area contributed by atoms with Crippen molar-refractivity contribution in [1.29, 1.82) is 0 Å². The molecule has 1 saturated heterocycles. The molecule has 5 heteroatoms. The lowest BCUT2D eigenvalue weighted by atomic mass is 9.75. The summed E-state index contributed by atoms with van der Waals surface area (Å²) in [4.78, 5) is 6.82. The summed E-state index contributed by atoms with van der Waals surface area (Å²) >= 11 is 0. The van der Waals surface area contributed by atoms with Crippen LogP contribution in [0.1, 0.15) is 40.5 Å². The fourth-order valence-corrected chi connectivity index (χ4v) is 2.65.